The van der Waals surface area contributed by atoms with Gasteiger partial charge in [-0.25, -0.2) is 0 Å². The minimum atomic E-state index is -0.441. The van der Waals surface area contributed by atoms with E-state index in [0.717, 1.165) is 18.5 Å². The molecule has 5 nitrogen and oxygen atoms in total. The molecule has 0 radical (unpaired) electrons. The lowest BCUT2D eigenvalue weighted by Gasteiger charge is -2.31. The number of nitrogens with one attached hydrogen (secondary N) is 1. The van der Waals surface area contributed by atoms with Gasteiger partial charge in [0.05, 0.1) is 19.8 Å². The van der Waals surface area contributed by atoms with Gasteiger partial charge in [-0.2, -0.15) is 0 Å². The Hall–Kier alpha value is -2.11. The Kier molecular flexibility index (Phi) is 4.12. The van der Waals surface area contributed by atoms with Crippen LogP contribution in [0.25, 0.3) is 16.5 Å². The number of amides is 1. The van der Waals surface area contributed by atoms with Crippen LogP contribution in [0, 0.1) is 6.92 Å². The lowest BCUT2D eigenvalue weighted by atomic mass is 9.96. The largest absolute Gasteiger partial charge is 0.376 e. The maximum Gasteiger partial charge on any atom is 0.254 e. The molecule has 2 aliphatic heterocycles. The lowest BCUT2D eigenvalue weighted by molar-refractivity contribution is -0.157. The summed E-state index contributed by atoms with van der Waals surface area (Å²) in [6, 6.07) is 8.37. The molecule has 0 spiro atoms. The molecule has 2 aliphatic rings. The highest BCUT2D eigenvalue weighted by atomic mass is 16.6. The molecule has 1 atom stereocenters. The van der Waals surface area contributed by atoms with Crippen molar-refractivity contribution in [1.82, 2.24) is 9.88 Å². The van der Waals surface area contributed by atoms with E-state index in [1.807, 2.05) is 11.0 Å². The molecule has 1 aromatic heterocycles. The summed E-state index contributed by atoms with van der Waals surface area (Å²) >= 11 is 0. The Morgan fingerprint density at radius 1 is 1.29 bits per heavy atom. The fraction of sp³-hybridized carbons (Fsp3) is 0.421. The van der Waals surface area contributed by atoms with Gasteiger partial charge in [0.25, 0.3) is 5.91 Å². The van der Waals surface area contributed by atoms with Crippen molar-refractivity contribution in [3.05, 3.63) is 41.6 Å². The first-order valence-electron chi connectivity index (χ1n) is 8.49. The highest BCUT2D eigenvalue weighted by Crippen LogP contribution is 2.32. The zero-order chi connectivity index (χ0) is 16.5. The van der Waals surface area contributed by atoms with Gasteiger partial charge in [-0.1, -0.05) is 24.3 Å². The number of carbonyl (C=O) groups is 1. The van der Waals surface area contributed by atoms with Crippen LogP contribution in [0.5, 0.6) is 0 Å². The van der Waals surface area contributed by atoms with Crippen LogP contribution in [0.1, 0.15) is 17.7 Å². The van der Waals surface area contributed by atoms with Crippen molar-refractivity contribution in [3.8, 4) is 0 Å². The summed E-state index contributed by atoms with van der Waals surface area (Å²) in [7, 11) is 0. The molecule has 0 bridgehead atoms. The fourth-order valence-electron chi connectivity index (χ4n) is 3.62. The van der Waals surface area contributed by atoms with E-state index in [2.05, 4.69) is 36.2 Å². The number of carbonyl (C=O) groups excluding carboxylic acids is 1. The molecule has 5 heteroatoms. The second-order valence-corrected chi connectivity index (χ2v) is 6.37. The molecular weight excluding hydrogens is 304 g/mol. The first kappa shape index (κ1) is 15.4. The highest BCUT2D eigenvalue weighted by molar-refractivity contribution is 5.94. The van der Waals surface area contributed by atoms with E-state index < -0.39 is 6.10 Å². The van der Waals surface area contributed by atoms with Crippen LogP contribution in [-0.4, -0.2) is 54.8 Å². The van der Waals surface area contributed by atoms with E-state index in [-0.39, 0.29) is 5.91 Å². The van der Waals surface area contributed by atoms with Crippen molar-refractivity contribution in [2.45, 2.75) is 19.4 Å². The predicted octanol–water partition coefficient (Wildman–Crippen LogP) is 2.51. The summed E-state index contributed by atoms with van der Waals surface area (Å²) in [4.78, 5) is 17.8. The average molecular weight is 326 g/mol. The molecule has 2 aromatic rings. The van der Waals surface area contributed by atoms with Crippen molar-refractivity contribution >= 4 is 22.4 Å². The summed E-state index contributed by atoms with van der Waals surface area (Å²) in [6.07, 6.45) is 2.60. The fourth-order valence-corrected chi connectivity index (χ4v) is 3.62. The molecule has 1 amide bonds. The standard InChI is InChI=1S/C19H22N2O3/c1-13-18(15-4-2-3-5-16(15)20-13)14-6-8-21(9-7-14)19(22)17-12-23-10-11-24-17/h2-6,17,20H,7-12H2,1H3. The molecule has 1 N–H and O–H groups in total. The van der Waals surface area contributed by atoms with Crippen molar-refractivity contribution < 1.29 is 14.3 Å². The molecule has 3 heterocycles. The van der Waals surface area contributed by atoms with Crippen LogP contribution < -0.4 is 0 Å². The summed E-state index contributed by atoms with van der Waals surface area (Å²) < 4.78 is 10.9. The minimum absolute atomic E-state index is 0.0423. The van der Waals surface area contributed by atoms with Gasteiger partial charge in [0, 0.05) is 35.2 Å². The van der Waals surface area contributed by atoms with Crippen molar-refractivity contribution in [3.63, 3.8) is 0 Å². The van der Waals surface area contributed by atoms with Gasteiger partial charge < -0.3 is 19.4 Å². The van der Waals surface area contributed by atoms with E-state index >= 15 is 0 Å². The van der Waals surface area contributed by atoms with Crippen molar-refractivity contribution in [1.29, 1.82) is 0 Å². The van der Waals surface area contributed by atoms with Crippen LogP contribution in [0.2, 0.25) is 0 Å². The highest BCUT2D eigenvalue weighted by Gasteiger charge is 2.29. The van der Waals surface area contributed by atoms with Gasteiger partial charge in [0.15, 0.2) is 6.10 Å². The second kappa shape index (κ2) is 6.42. The summed E-state index contributed by atoms with van der Waals surface area (Å²) in [6.45, 7) is 4.92. The minimum Gasteiger partial charge on any atom is -0.376 e. The summed E-state index contributed by atoms with van der Waals surface area (Å²) in [5.74, 6) is 0.0423. The van der Waals surface area contributed by atoms with E-state index in [1.165, 1.54) is 22.2 Å². The number of aryl methyl sites for hydroxylation is 1. The van der Waals surface area contributed by atoms with Crippen LogP contribution in [0.4, 0.5) is 0 Å². The molecule has 126 valence electrons. The van der Waals surface area contributed by atoms with E-state index in [9.17, 15) is 4.79 Å². The smallest absolute Gasteiger partial charge is 0.254 e. The number of H-pyrrole nitrogens is 1. The topological polar surface area (TPSA) is 54.6 Å². The molecule has 1 fully saturated rings. The normalized spacial score (nSPS) is 21.8. The number of hydrogen-bond donors (Lipinski definition) is 1. The Bertz CT molecular complexity index is 787. The number of benzene rings is 1. The Morgan fingerprint density at radius 2 is 2.17 bits per heavy atom. The van der Waals surface area contributed by atoms with E-state index in [1.54, 1.807) is 0 Å². The summed E-state index contributed by atoms with van der Waals surface area (Å²) in [5.41, 5.74) is 4.95. The van der Waals surface area contributed by atoms with Gasteiger partial charge >= 0.3 is 0 Å². The lowest BCUT2D eigenvalue weighted by Crippen LogP contribution is -2.46. The average Bonchev–Trinajstić information content (AvgIpc) is 2.98. The van der Waals surface area contributed by atoms with Gasteiger partial charge in [-0.3, -0.25) is 4.79 Å². The zero-order valence-corrected chi connectivity index (χ0v) is 13.9. The number of nitrogens with zero attached hydrogens (tertiary/aromatic N) is 1. The second-order valence-electron chi connectivity index (χ2n) is 6.37. The first-order chi connectivity index (χ1) is 11.7. The third-order valence-electron chi connectivity index (χ3n) is 4.83. The van der Waals surface area contributed by atoms with Crippen LogP contribution in [0.3, 0.4) is 0 Å². The van der Waals surface area contributed by atoms with Crippen LogP contribution >= 0.6 is 0 Å². The Labute approximate surface area is 141 Å². The third kappa shape index (κ3) is 2.74. The molecule has 1 saturated heterocycles. The Balaban J connectivity index is 1.54. The van der Waals surface area contributed by atoms with Crippen molar-refractivity contribution in [2.24, 2.45) is 0 Å². The molecule has 1 aromatic carbocycles. The van der Waals surface area contributed by atoms with Gasteiger partial charge in [0.1, 0.15) is 0 Å². The molecule has 0 aliphatic carbocycles. The SMILES string of the molecule is Cc1[nH]c2ccccc2c1C1=CCN(C(=O)C2COCCO2)CC1. The van der Waals surface area contributed by atoms with Crippen LogP contribution in [-0.2, 0) is 14.3 Å². The number of para-hydroxylation sites is 1. The van der Waals surface area contributed by atoms with Crippen molar-refractivity contribution in [2.75, 3.05) is 32.9 Å². The van der Waals surface area contributed by atoms with Gasteiger partial charge in [-0.05, 0) is 25.0 Å². The zero-order valence-electron chi connectivity index (χ0n) is 13.9. The van der Waals surface area contributed by atoms with E-state index in [0.29, 0.717) is 26.4 Å². The number of ether oxygens (including phenoxy) is 2. The van der Waals surface area contributed by atoms with Crippen LogP contribution in [0.15, 0.2) is 30.3 Å². The predicted molar refractivity (Wildman–Crippen MR) is 92.8 cm³/mol. The van der Waals surface area contributed by atoms with Gasteiger partial charge in [0.2, 0.25) is 0 Å². The Morgan fingerprint density at radius 3 is 2.92 bits per heavy atom. The molecule has 4 rings (SSSR count). The first-order valence-corrected chi connectivity index (χ1v) is 8.49. The maximum atomic E-state index is 12.5. The number of hydrogen-bond acceptors (Lipinski definition) is 3. The molecule has 0 saturated carbocycles. The summed E-state index contributed by atoms with van der Waals surface area (Å²) in [5, 5.41) is 1.25. The number of rotatable bonds is 2. The molecular formula is C19H22N2O3. The molecule has 1 unspecified atom stereocenters. The third-order valence-corrected chi connectivity index (χ3v) is 4.83. The number of fused-ring (bicyclic) bond motifs is 1. The monoisotopic (exact) mass is 326 g/mol. The number of aromatic amines is 1. The maximum absolute atomic E-state index is 12.5. The van der Waals surface area contributed by atoms with E-state index in [4.69, 9.17) is 9.47 Å². The molecule has 24 heavy (non-hydrogen) atoms. The van der Waals surface area contributed by atoms with Gasteiger partial charge in [-0.15, -0.1) is 0 Å². The quantitative estimate of drug-likeness (QED) is 0.922. The number of aromatic nitrogens is 1.